The van der Waals surface area contributed by atoms with E-state index in [0.29, 0.717) is 18.5 Å². The second-order valence-electron chi connectivity index (χ2n) is 3.42. The molecule has 0 aliphatic carbocycles. The lowest BCUT2D eigenvalue weighted by molar-refractivity contribution is 0.0905. The molecule has 3 atom stereocenters. The van der Waals surface area contributed by atoms with E-state index in [-0.39, 0.29) is 6.61 Å². The van der Waals surface area contributed by atoms with Crippen LogP contribution < -0.4 is 5.32 Å². The molecule has 0 radical (unpaired) electrons. The Morgan fingerprint density at radius 3 is 2.33 bits per heavy atom. The zero-order valence-electron chi connectivity index (χ0n) is 8.25. The van der Waals surface area contributed by atoms with Crippen molar-refractivity contribution in [1.82, 2.24) is 5.32 Å². The molecule has 3 N–H and O–H groups in total. The van der Waals surface area contributed by atoms with Crippen LogP contribution in [0.3, 0.4) is 0 Å². The van der Waals surface area contributed by atoms with Crippen molar-refractivity contribution in [1.29, 1.82) is 0 Å². The first-order valence-corrected chi connectivity index (χ1v) is 4.64. The van der Waals surface area contributed by atoms with E-state index in [1.807, 2.05) is 0 Å². The SMILES string of the molecule is CCC(C)C(C)NCC(O)CO. The summed E-state index contributed by atoms with van der Waals surface area (Å²) in [4.78, 5) is 0. The molecule has 0 amide bonds. The fourth-order valence-electron chi connectivity index (χ4n) is 0.941. The lowest BCUT2D eigenvalue weighted by Crippen LogP contribution is -2.38. The van der Waals surface area contributed by atoms with Crippen LogP contribution in [0.1, 0.15) is 27.2 Å². The largest absolute Gasteiger partial charge is 0.394 e. The predicted molar refractivity (Wildman–Crippen MR) is 50.0 cm³/mol. The van der Waals surface area contributed by atoms with E-state index in [0.717, 1.165) is 6.42 Å². The minimum atomic E-state index is -0.628. The number of rotatable bonds is 6. The Labute approximate surface area is 74.8 Å². The van der Waals surface area contributed by atoms with Crippen LogP contribution in [0.5, 0.6) is 0 Å². The van der Waals surface area contributed by atoms with Gasteiger partial charge in [-0.3, -0.25) is 0 Å². The Bertz CT molecular complexity index is 109. The standard InChI is InChI=1S/C9H21NO2/c1-4-7(2)8(3)10-5-9(12)6-11/h7-12H,4-6H2,1-3H3. The minimum absolute atomic E-state index is 0.166. The molecule has 3 unspecified atom stereocenters. The normalized spacial score (nSPS) is 18.8. The average molecular weight is 175 g/mol. The smallest absolute Gasteiger partial charge is 0.0895 e. The number of aliphatic hydroxyl groups is 2. The molecule has 0 spiro atoms. The van der Waals surface area contributed by atoms with Gasteiger partial charge in [-0.25, -0.2) is 0 Å². The summed E-state index contributed by atoms with van der Waals surface area (Å²) >= 11 is 0. The molecule has 0 heterocycles. The Kier molecular flexibility index (Phi) is 6.34. The lowest BCUT2D eigenvalue weighted by atomic mass is 10.0. The Morgan fingerprint density at radius 1 is 1.33 bits per heavy atom. The maximum atomic E-state index is 9.05. The Balaban J connectivity index is 3.49. The summed E-state index contributed by atoms with van der Waals surface area (Å²) in [7, 11) is 0. The molecule has 3 heteroatoms. The van der Waals surface area contributed by atoms with Crippen LogP contribution in [0, 0.1) is 5.92 Å². The monoisotopic (exact) mass is 175 g/mol. The number of hydrogen-bond acceptors (Lipinski definition) is 3. The van der Waals surface area contributed by atoms with Crippen molar-refractivity contribution < 1.29 is 10.2 Å². The van der Waals surface area contributed by atoms with E-state index in [1.54, 1.807) is 0 Å². The lowest BCUT2D eigenvalue weighted by Gasteiger charge is -2.21. The summed E-state index contributed by atoms with van der Waals surface area (Å²) in [5, 5.41) is 20.8. The first-order valence-electron chi connectivity index (χ1n) is 4.64. The summed E-state index contributed by atoms with van der Waals surface area (Å²) in [5.74, 6) is 0.607. The molecule has 0 aromatic carbocycles. The Morgan fingerprint density at radius 2 is 1.92 bits per heavy atom. The Hall–Kier alpha value is -0.120. The number of hydrogen-bond donors (Lipinski definition) is 3. The zero-order valence-corrected chi connectivity index (χ0v) is 8.25. The molecule has 0 rings (SSSR count). The molecule has 0 aliphatic rings. The highest BCUT2D eigenvalue weighted by Gasteiger charge is 2.10. The van der Waals surface area contributed by atoms with Crippen molar-refractivity contribution >= 4 is 0 Å². The van der Waals surface area contributed by atoms with E-state index >= 15 is 0 Å². The maximum absolute atomic E-state index is 9.05. The molecule has 3 nitrogen and oxygen atoms in total. The second kappa shape index (κ2) is 6.40. The third kappa shape index (κ3) is 4.70. The molecule has 12 heavy (non-hydrogen) atoms. The highest BCUT2D eigenvalue weighted by Crippen LogP contribution is 2.05. The third-order valence-corrected chi connectivity index (χ3v) is 2.38. The van der Waals surface area contributed by atoms with Gasteiger partial charge in [0.1, 0.15) is 0 Å². The fourth-order valence-corrected chi connectivity index (χ4v) is 0.941. The number of nitrogens with one attached hydrogen (secondary N) is 1. The van der Waals surface area contributed by atoms with E-state index < -0.39 is 6.10 Å². The van der Waals surface area contributed by atoms with Crippen LogP contribution in [0.4, 0.5) is 0 Å². The minimum Gasteiger partial charge on any atom is -0.394 e. The number of aliphatic hydroxyl groups excluding tert-OH is 2. The zero-order chi connectivity index (χ0) is 9.56. The summed E-state index contributed by atoms with van der Waals surface area (Å²) in [6, 6.07) is 0.399. The molecule has 0 saturated carbocycles. The predicted octanol–water partition coefficient (Wildman–Crippen LogP) is 0.364. The maximum Gasteiger partial charge on any atom is 0.0895 e. The quantitative estimate of drug-likeness (QED) is 0.546. The third-order valence-electron chi connectivity index (χ3n) is 2.38. The van der Waals surface area contributed by atoms with E-state index in [9.17, 15) is 0 Å². The summed E-state index contributed by atoms with van der Waals surface area (Å²) in [6.07, 6.45) is 0.500. The van der Waals surface area contributed by atoms with E-state index in [1.165, 1.54) is 0 Å². The molecule has 0 aromatic heterocycles. The molecule has 0 fully saturated rings. The van der Waals surface area contributed by atoms with Gasteiger partial charge in [-0.2, -0.15) is 0 Å². The van der Waals surface area contributed by atoms with E-state index in [2.05, 4.69) is 26.1 Å². The molecular formula is C9H21NO2. The molecule has 0 saturated heterocycles. The van der Waals surface area contributed by atoms with Crippen LogP contribution in [0.2, 0.25) is 0 Å². The van der Waals surface area contributed by atoms with Gasteiger partial charge in [0.2, 0.25) is 0 Å². The van der Waals surface area contributed by atoms with Gasteiger partial charge < -0.3 is 15.5 Å². The molecule has 0 aromatic rings. The second-order valence-corrected chi connectivity index (χ2v) is 3.42. The van der Waals surface area contributed by atoms with Gasteiger partial charge in [-0.1, -0.05) is 20.3 Å². The van der Waals surface area contributed by atoms with Crippen LogP contribution >= 0.6 is 0 Å². The molecule has 74 valence electrons. The summed E-state index contributed by atoms with van der Waals surface area (Å²) in [5.41, 5.74) is 0. The average Bonchev–Trinajstić information content (AvgIpc) is 2.11. The highest BCUT2D eigenvalue weighted by atomic mass is 16.3. The first-order chi connectivity index (χ1) is 5.61. The van der Waals surface area contributed by atoms with Gasteiger partial charge >= 0.3 is 0 Å². The summed E-state index contributed by atoms with van der Waals surface area (Å²) < 4.78 is 0. The van der Waals surface area contributed by atoms with Gasteiger partial charge in [0.15, 0.2) is 0 Å². The van der Waals surface area contributed by atoms with Crippen molar-refractivity contribution in [3.8, 4) is 0 Å². The molecule has 0 bridgehead atoms. The summed E-state index contributed by atoms with van der Waals surface area (Å²) in [6.45, 7) is 6.72. The van der Waals surface area contributed by atoms with Gasteiger partial charge in [-0.05, 0) is 12.8 Å². The topological polar surface area (TPSA) is 52.5 Å². The first kappa shape index (κ1) is 11.9. The van der Waals surface area contributed by atoms with Crippen molar-refractivity contribution in [2.24, 2.45) is 5.92 Å². The van der Waals surface area contributed by atoms with Crippen LogP contribution in [0.15, 0.2) is 0 Å². The fraction of sp³-hybridized carbons (Fsp3) is 1.00. The van der Waals surface area contributed by atoms with Gasteiger partial charge in [-0.15, -0.1) is 0 Å². The van der Waals surface area contributed by atoms with Crippen molar-refractivity contribution in [2.75, 3.05) is 13.2 Å². The van der Waals surface area contributed by atoms with Crippen LogP contribution in [0.25, 0.3) is 0 Å². The van der Waals surface area contributed by atoms with Gasteiger partial charge in [0, 0.05) is 12.6 Å². The van der Waals surface area contributed by atoms with Crippen molar-refractivity contribution in [3.05, 3.63) is 0 Å². The van der Waals surface area contributed by atoms with Crippen LogP contribution in [-0.4, -0.2) is 35.5 Å². The molecule has 0 aliphatic heterocycles. The highest BCUT2D eigenvalue weighted by molar-refractivity contribution is 4.69. The molecular weight excluding hydrogens is 154 g/mol. The van der Waals surface area contributed by atoms with E-state index in [4.69, 9.17) is 10.2 Å². The van der Waals surface area contributed by atoms with Gasteiger partial charge in [0.05, 0.1) is 12.7 Å². The van der Waals surface area contributed by atoms with Crippen molar-refractivity contribution in [2.45, 2.75) is 39.3 Å². The van der Waals surface area contributed by atoms with Crippen molar-refractivity contribution in [3.63, 3.8) is 0 Å². The van der Waals surface area contributed by atoms with Gasteiger partial charge in [0.25, 0.3) is 0 Å². The van der Waals surface area contributed by atoms with Crippen LogP contribution in [-0.2, 0) is 0 Å².